The van der Waals surface area contributed by atoms with Gasteiger partial charge in [-0.25, -0.2) is 9.67 Å². The minimum absolute atomic E-state index is 0.0484. The average Bonchev–Trinajstić information content (AvgIpc) is 2.62. The molecule has 0 aliphatic rings. The molecule has 96 valence electrons. The molecule has 2 rings (SSSR count). The number of aryl methyl sites for hydroxylation is 1. The molecule has 0 aliphatic heterocycles. The van der Waals surface area contributed by atoms with Gasteiger partial charge in [-0.2, -0.15) is 8.42 Å². The third-order valence-corrected chi connectivity index (χ3v) is 4.51. The summed E-state index contributed by atoms with van der Waals surface area (Å²) in [6.07, 6.45) is 1.43. The molecule has 0 aromatic carbocycles. The van der Waals surface area contributed by atoms with E-state index >= 15 is 0 Å². The van der Waals surface area contributed by atoms with Crippen LogP contribution >= 0.6 is 27.5 Å². The SMILES string of the molecule is Cn1nnc(Br)c1S(=O)(=O)Nc1ncccc1Cl. The van der Waals surface area contributed by atoms with E-state index in [1.54, 1.807) is 6.07 Å². The fourth-order valence-electron chi connectivity index (χ4n) is 1.24. The van der Waals surface area contributed by atoms with Gasteiger partial charge in [0, 0.05) is 13.2 Å². The van der Waals surface area contributed by atoms with Crippen molar-refractivity contribution in [2.24, 2.45) is 7.05 Å². The van der Waals surface area contributed by atoms with Crippen LogP contribution in [-0.2, 0) is 17.1 Å². The van der Waals surface area contributed by atoms with Gasteiger partial charge in [0.25, 0.3) is 10.0 Å². The van der Waals surface area contributed by atoms with E-state index in [4.69, 9.17) is 11.6 Å². The third kappa shape index (κ3) is 2.47. The van der Waals surface area contributed by atoms with E-state index in [9.17, 15) is 8.42 Å². The molecule has 7 nitrogen and oxygen atoms in total. The second-order valence-electron chi connectivity index (χ2n) is 3.25. The Kier molecular flexibility index (Phi) is 3.55. The van der Waals surface area contributed by atoms with Gasteiger partial charge in [0.15, 0.2) is 10.4 Å². The number of anilines is 1. The van der Waals surface area contributed by atoms with Gasteiger partial charge in [-0.3, -0.25) is 4.72 Å². The summed E-state index contributed by atoms with van der Waals surface area (Å²) in [6, 6.07) is 3.13. The molecule has 0 unspecified atom stereocenters. The van der Waals surface area contributed by atoms with E-state index < -0.39 is 10.0 Å². The van der Waals surface area contributed by atoms with E-state index in [-0.39, 0.29) is 20.5 Å². The predicted molar refractivity (Wildman–Crippen MR) is 68.8 cm³/mol. The van der Waals surface area contributed by atoms with E-state index in [0.717, 1.165) is 4.68 Å². The zero-order valence-corrected chi connectivity index (χ0v) is 12.2. The van der Waals surface area contributed by atoms with Crippen LogP contribution in [0.2, 0.25) is 5.02 Å². The molecule has 0 fully saturated rings. The molecule has 0 spiro atoms. The number of hydrogen-bond donors (Lipinski definition) is 1. The number of nitrogens with one attached hydrogen (secondary N) is 1. The maximum atomic E-state index is 12.1. The first-order valence-corrected chi connectivity index (χ1v) is 7.26. The van der Waals surface area contributed by atoms with Crippen LogP contribution in [0.3, 0.4) is 0 Å². The predicted octanol–water partition coefficient (Wildman–Crippen LogP) is 1.43. The Hall–Kier alpha value is -1.19. The van der Waals surface area contributed by atoms with E-state index in [2.05, 4.69) is 35.9 Å². The topological polar surface area (TPSA) is 89.8 Å². The Labute approximate surface area is 116 Å². The maximum absolute atomic E-state index is 12.1. The van der Waals surface area contributed by atoms with Crippen molar-refractivity contribution in [1.82, 2.24) is 20.0 Å². The molecule has 0 atom stereocenters. The molecule has 1 N–H and O–H groups in total. The van der Waals surface area contributed by atoms with Crippen LogP contribution in [0.4, 0.5) is 5.82 Å². The Morgan fingerprint density at radius 1 is 1.50 bits per heavy atom. The lowest BCUT2D eigenvalue weighted by atomic mass is 10.5. The summed E-state index contributed by atoms with van der Waals surface area (Å²) in [4.78, 5) is 3.85. The molecular formula is C8H7BrClN5O2S. The molecule has 2 aromatic heterocycles. The van der Waals surface area contributed by atoms with E-state index in [1.165, 1.54) is 19.3 Å². The Balaban J connectivity index is 2.43. The molecule has 0 saturated carbocycles. The quantitative estimate of drug-likeness (QED) is 0.902. The van der Waals surface area contributed by atoms with Crippen LogP contribution in [-0.4, -0.2) is 28.4 Å². The smallest absolute Gasteiger partial charge is 0.261 e. The lowest BCUT2D eigenvalue weighted by Gasteiger charge is -2.08. The second kappa shape index (κ2) is 4.82. The minimum Gasteiger partial charge on any atom is -0.261 e. The maximum Gasteiger partial charge on any atom is 0.283 e. The highest BCUT2D eigenvalue weighted by Crippen LogP contribution is 2.24. The normalized spacial score (nSPS) is 11.5. The summed E-state index contributed by atoms with van der Waals surface area (Å²) in [5.41, 5.74) is 0. The highest BCUT2D eigenvalue weighted by Gasteiger charge is 2.25. The summed E-state index contributed by atoms with van der Waals surface area (Å²) in [6.45, 7) is 0. The van der Waals surface area contributed by atoms with Crippen LogP contribution in [0, 0.1) is 0 Å². The van der Waals surface area contributed by atoms with Crippen molar-refractivity contribution < 1.29 is 8.42 Å². The Morgan fingerprint density at radius 3 is 2.78 bits per heavy atom. The van der Waals surface area contributed by atoms with Crippen molar-refractivity contribution in [2.75, 3.05) is 4.72 Å². The second-order valence-corrected chi connectivity index (χ2v) is 6.00. The van der Waals surface area contributed by atoms with Crippen LogP contribution in [0.25, 0.3) is 0 Å². The molecule has 18 heavy (non-hydrogen) atoms. The van der Waals surface area contributed by atoms with Gasteiger partial charge in [0.05, 0.1) is 5.02 Å². The number of hydrogen-bond acceptors (Lipinski definition) is 5. The number of sulfonamides is 1. The number of pyridine rings is 1. The lowest BCUT2D eigenvalue weighted by Crippen LogP contribution is -2.18. The number of nitrogens with zero attached hydrogens (tertiary/aromatic N) is 4. The monoisotopic (exact) mass is 351 g/mol. The summed E-state index contributed by atoms with van der Waals surface area (Å²) >= 11 is 8.85. The molecule has 0 bridgehead atoms. The highest BCUT2D eigenvalue weighted by atomic mass is 79.9. The van der Waals surface area contributed by atoms with Gasteiger partial charge < -0.3 is 0 Å². The van der Waals surface area contributed by atoms with Crippen LogP contribution < -0.4 is 4.72 Å². The molecular weight excluding hydrogens is 346 g/mol. The van der Waals surface area contributed by atoms with Crippen molar-refractivity contribution in [2.45, 2.75) is 5.03 Å². The van der Waals surface area contributed by atoms with Crippen LogP contribution in [0.1, 0.15) is 0 Å². The van der Waals surface area contributed by atoms with Gasteiger partial charge in [-0.05, 0) is 28.1 Å². The molecule has 0 aliphatic carbocycles. The third-order valence-electron chi connectivity index (χ3n) is 1.98. The lowest BCUT2D eigenvalue weighted by molar-refractivity contribution is 0.578. The molecule has 0 radical (unpaired) electrons. The first-order valence-electron chi connectivity index (χ1n) is 4.60. The first-order chi connectivity index (χ1) is 8.42. The summed E-state index contributed by atoms with van der Waals surface area (Å²) < 4.78 is 27.7. The van der Waals surface area contributed by atoms with Gasteiger partial charge in [-0.15, -0.1) is 5.10 Å². The highest BCUT2D eigenvalue weighted by molar-refractivity contribution is 9.10. The number of halogens is 2. The largest absolute Gasteiger partial charge is 0.283 e. The van der Waals surface area contributed by atoms with Gasteiger partial charge in [0.1, 0.15) is 0 Å². The minimum atomic E-state index is -3.86. The Morgan fingerprint density at radius 2 is 2.22 bits per heavy atom. The van der Waals surface area contributed by atoms with Crippen molar-refractivity contribution in [3.63, 3.8) is 0 Å². The van der Waals surface area contributed by atoms with Crippen molar-refractivity contribution >= 4 is 43.4 Å². The fourth-order valence-corrected chi connectivity index (χ4v) is 3.60. The van der Waals surface area contributed by atoms with Crippen molar-refractivity contribution in [1.29, 1.82) is 0 Å². The molecule has 0 saturated heterocycles. The molecule has 2 aromatic rings. The van der Waals surface area contributed by atoms with Gasteiger partial charge in [-0.1, -0.05) is 16.8 Å². The van der Waals surface area contributed by atoms with Gasteiger partial charge in [0.2, 0.25) is 5.03 Å². The fraction of sp³-hybridized carbons (Fsp3) is 0.125. The van der Waals surface area contributed by atoms with Crippen LogP contribution in [0.5, 0.6) is 0 Å². The summed E-state index contributed by atoms with van der Waals surface area (Å²) in [5, 5.41) is 7.29. The zero-order valence-electron chi connectivity index (χ0n) is 9.00. The molecule has 10 heteroatoms. The zero-order chi connectivity index (χ0) is 13.3. The van der Waals surface area contributed by atoms with Crippen molar-refractivity contribution in [3.05, 3.63) is 28.0 Å². The summed E-state index contributed by atoms with van der Waals surface area (Å²) in [7, 11) is -2.40. The average molecular weight is 353 g/mol. The molecule has 2 heterocycles. The van der Waals surface area contributed by atoms with Crippen LogP contribution in [0.15, 0.2) is 28.0 Å². The first kappa shape index (κ1) is 13.2. The standard InChI is InChI=1S/C8H7BrClN5O2S/c1-15-8(6(9)12-14-15)18(16,17)13-7-5(10)3-2-4-11-7/h2-4H,1H3,(H,11,13). The number of rotatable bonds is 3. The van der Waals surface area contributed by atoms with E-state index in [1.807, 2.05) is 0 Å². The summed E-state index contributed by atoms with van der Waals surface area (Å²) in [5.74, 6) is 0.0484. The van der Waals surface area contributed by atoms with E-state index in [0.29, 0.717) is 0 Å². The molecule has 0 amide bonds. The number of aromatic nitrogens is 4. The van der Waals surface area contributed by atoms with Crippen molar-refractivity contribution in [3.8, 4) is 0 Å². The Bertz CT molecular complexity index is 667. The van der Waals surface area contributed by atoms with Gasteiger partial charge >= 0.3 is 0 Å².